The normalized spacial score (nSPS) is 20.9. The number of benzene rings is 2. The first-order valence-corrected chi connectivity index (χ1v) is 11.1. The van der Waals surface area contributed by atoms with Gasteiger partial charge in [0.25, 0.3) is 0 Å². The molecule has 1 saturated heterocycles. The van der Waals surface area contributed by atoms with Crippen LogP contribution in [-0.2, 0) is 11.8 Å². The summed E-state index contributed by atoms with van der Waals surface area (Å²) in [5.74, 6) is 1.36. The molecule has 1 atom stereocenters. The Morgan fingerprint density at radius 3 is 2.60 bits per heavy atom. The second-order valence-electron chi connectivity index (χ2n) is 8.76. The van der Waals surface area contributed by atoms with E-state index in [0.29, 0.717) is 5.92 Å². The highest BCUT2D eigenvalue weighted by atomic mass is 19.1. The molecule has 2 fully saturated rings. The number of nitrogens with zero attached hydrogens (tertiary/aromatic N) is 2. The highest BCUT2D eigenvalue weighted by Gasteiger charge is 2.45. The molecule has 160 valence electrons. The van der Waals surface area contributed by atoms with Gasteiger partial charge in [-0.2, -0.15) is 0 Å². The minimum Gasteiger partial charge on any atom is -0.356 e. The summed E-state index contributed by atoms with van der Waals surface area (Å²) < 4.78 is 14.2. The smallest absolute Gasteiger partial charge is 0.191 e. The van der Waals surface area contributed by atoms with Crippen LogP contribution in [0.15, 0.2) is 59.6 Å². The Bertz CT molecular complexity index is 847. The van der Waals surface area contributed by atoms with Crippen LogP contribution in [0.4, 0.5) is 4.39 Å². The zero-order valence-electron chi connectivity index (χ0n) is 17.9. The number of halogens is 1. The number of hydrogen-bond donors (Lipinski definition) is 2. The van der Waals surface area contributed by atoms with Crippen molar-refractivity contribution in [2.75, 3.05) is 39.8 Å². The van der Waals surface area contributed by atoms with Crippen molar-refractivity contribution in [3.8, 4) is 0 Å². The van der Waals surface area contributed by atoms with Crippen LogP contribution in [0, 0.1) is 11.7 Å². The molecule has 1 saturated carbocycles. The van der Waals surface area contributed by atoms with Crippen molar-refractivity contribution in [3.05, 3.63) is 71.5 Å². The number of aliphatic imine (C=N–C) groups is 1. The highest BCUT2D eigenvalue weighted by Crippen LogP contribution is 2.48. The van der Waals surface area contributed by atoms with Gasteiger partial charge in [-0.3, -0.25) is 4.99 Å². The number of hydrogen-bond acceptors (Lipinski definition) is 2. The summed E-state index contributed by atoms with van der Waals surface area (Å²) in [6, 6.07) is 17.9. The van der Waals surface area contributed by atoms with Crippen molar-refractivity contribution in [2.45, 2.75) is 31.1 Å². The van der Waals surface area contributed by atoms with Gasteiger partial charge in [-0.1, -0.05) is 48.5 Å². The van der Waals surface area contributed by atoms with E-state index in [2.05, 4.69) is 50.9 Å². The monoisotopic (exact) mass is 408 g/mol. The topological polar surface area (TPSA) is 39.7 Å². The van der Waals surface area contributed by atoms with Crippen molar-refractivity contribution in [2.24, 2.45) is 10.9 Å². The maximum Gasteiger partial charge on any atom is 0.191 e. The molecule has 1 aliphatic heterocycles. The molecule has 2 aromatic carbocycles. The van der Waals surface area contributed by atoms with Gasteiger partial charge in [0, 0.05) is 38.6 Å². The third kappa shape index (κ3) is 5.20. The summed E-state index contributed by atoms with van der Waals surface area (Å²) in [6.07, 6.45) is 4.38. The SMILES string of the molecule is CN=C(NCC1CCN(CCc2ccccc2)C1)NCC1(c2ccccc2F)CC1. The maximum absolute atomic E-state index is 14.2. The molecule has 30 heavy (non-hydrogen) atoms. The van der Waals surface area contributed by atoms with Gasteiger partial charge < -0.3 is 15.5 Å². The van der Waals surface area contributed by atoms with Gasteiger partial charge in [0.05, 0.1) is 0 Å². The average Bonchev–Trinajstić information content (AvgIpc) is 3.43. The second-order valence-corrected chi connectivity index (χ2v) is 8.76. The van der Waals surface area contributed by atoms with Crippen LogP contribution in [0.3, 0.4) is 0 Å². The maximum atomic E-state index is 14.2. The Morgan fingerprint density at radius 1 is 1.10 bits per heavy atom. The van der Waals surface area contributed by atoms with Crippen LogP contribution < -0.4 is 10.6 Å². The summed E-state index contributed by atoms with van der Waals surface area (Å²) in [7, 11) is 1.80. The Morgan fingerprint density at radius 2 is 1.87 bits per heavy atom. The molecule has 1 heterocycles. The quantitative estimate of drug-likeness (QED) is 0.518. The predicted octanol–water partition coefficient (Wildman–Crippen LogP) is 3.59. The van der Waals surface area contributed by atoms with E-state index in [1.54, 1.807) is 19.2 Å². The number of rotatable bonds is 8. The molecule has 0 bridgehead atoms. The first-order valence-electron chi connectivity index (χ1n) is 11.1. The first-order chi connectivity index (χ1) is 14.7. The van der Waals surface area contributed by atoms with Crippen LogP contribution in [0.1, 0.15) is 30.4 Å². The van der Waals surface area contributed by atoms with Crippen molar-refractivity contribution in [1.82, 2.24) is 15.5 Å². The van der Waals surface area contributed by atoms with E-state index in [4.69, 9.17) is 0 Å². The molecule has 0 spiro atoms. The Balaban J connectivity index is 1.19. The molecule has 4 nitrogen and oxygen atoms in total. The fourth-order valence-corrected chi connectivity index (χ4v) is 4.51. The molecular formula is C25H33FN4. The number of nitrogens with one attached hydrogen (secondary N) is 2. The average molecular weight is 409 g/mol. The number of likely N-dealkylation sites (tertiary alicyclic amines) is 1. The van der Waals surface area contributed by atoms with Crippen LogP contribution in [0.2, 0.25) is 0 Å². The molecule has 2 aliphatic rings. The van der Waals surface area contributed by atoms with E-state index in [9.17, 15) is 4.39 Å². The lowest BCUT2D eigenvalue weighted by molar-refractivity contribution is 0.328. The first kappa shape index (κ1) is 20.9. The third-order valence-electron chi connectivity index (χ3n) is 6.60. The lowest BCUT2D eigenvalue weighted by Crippen LogP contribution is -2.43. The van der Waals surface area contributed by atoms with E-state index < -0.39 is 0 Å². The highest BCUT2D eigenvalue weighted by molar-refractivity contribution is 5.79. The van der Waals surface area contributed by atoms with E-state index in [-0.39, 0.29) is 11.2 Å². The van der Waals surface area contributed by atoms with Crippen molar-refractivity contribution < 1.29 is 4.39 Å². The molecule has 0 amide bonds. The summed E-state index contributed by atoms with van der Waals surface area (Å²) >= 11 is 0. The van der Waals surface area contributed by atoms with E-state index in [1.165, 1.54) is 18.5 Å². The Labute approximate surface area is 179 Å². The lowest BCUT2D eigenvalue weighted by atomic mass is 9.95. The lowest BCUT2D eigenvalue weighted by Gasteiger charge is -2.21. The van der Waals surface area contributed by atoms with Gasteiger partial charge in [-0.15, -0.1) is 0 Å². The van der Waals surface area contributed by atoms with Crippen LogP contribution >= 0.6 is 0 Å². The Kier molecular flexibility index (Phi) is 6.68. The largest absolute Gasteiger partial charge is 0.356 e. The standard InChI is InChI=1S/C25H33FN4/c1-27-24(29-19-25(13-14-25)22-9-5-6-10-23(22)26)28-17-21-12-16-30(18-21)15-11-20-7-3-2-4-8-20/h2-10,21H,11-19H2,1H3,(H2,27,28,29). The summed E-state index contributed by atoms with van der Waals surface area (Å²) in [5, 5.41) is 6.93. The van der Waals surface area contributed by atoms with Gasteiger partial charge in [0.15, 0.2) is 5.96 Å². The van der Waals surface area contributed by atoms with Crippen LogP contribution in [0.25, 0.3) is 0 Å². The Hall–Kier alpha value is -2.40. The third-order valence-corrected chi connectivity index (χ3v) is 6.60. The van der Waals surface area contributed by atoms with Gasteiger partial charge in [-0.05, 0) is 55.3 Å². The van der Waals surface area contributed by atoms with Crippen molar-refractivity contribution in [1.29, 1.82) is 0 Å². The van der Waals surface area contributed by atoms with Gasteiger partial charge in [0.2, 0.25) is 0 Å². The van der Waals surface area contributed by atoms with E-state index in [1.807, 2.05) is 12.1 Å². The summed E-state index contributed by atoms with van der Waals surface area (Å²) in [6.45, 7) is 5.08. The van der Waals surface area contributed by atoms with Gasteiger partial charge in [0.1, 0.15) is 5.82 Å². The van der Waals surface area contributed by atoms with Gasteiger partial charge >= 0.3 is 0 Å². The molecular weight excluding hydrogens is 375 g/mol. The molecule has 0 radical (unpaired) electrons. The molecule has 4 rings (SSSR count). The molecule has 2 aromatic rings. The minimum atomic E-state index is -0.0960. The van der Waals surface area contributed by atoms with E-state index >= 15 is 0 Å². The zero-order valence-corrected chi connectivity index (χ0v) is 17.9. The molecule has 1 aliphatic carbocycles. The molecule has 0 aromatic heterocycles. The molecule has 1 unspecified atom stereocenters. The molecule has 5 heteroatoms. The van der Waals surface area contributed by atoms with Crippen molar-refractivity contribution in [3.63, 3.8) is 0 Å². The molecule has 2 N–H and O–H groups in total. The van der Waals surface area contributed by atoms with Gasteiger partial charge in [-0.25, -0.2) is 4.39 Å². The zero-order chi connectivity index (χ0) is 20.8. The summed E-state index contributed by atoms with van der Waals surface area (Å²) in [5.41, 5.74) is 2.16. The second kappa shape index (κ2) is 9.61. The fraction of sp³-hybridized carbons (Fsp3) is 0.480. The van der Waals surface area contributed by atoms with Crippen LogP contribution in [0.5, 0.6) is 0 Å². The van der Waals surface area contributed by atoms with E-state index in [0.717, 1.165) is 57.0 Å². The predicted molar refractivity (Wildman–Crippen MR) is 121 cm³/mol. The number of guanidine groups is 1. The fourth-order valence-electron chi connectivity index (χ4n) is 4.51. The van der Waals surface area contributed by atoms with Crippen molar-refractivity contribution >= 4 is 5.96 Å². The minimum absolute atomic E-state index is 0.0788. The van der Waals surface area contributed by atoms with Crippen LogP contribution in [-0.4, -0.2) is 50.6 Å². The summed E-state index contributed by atoms with van der Waals surface area (Å²) in [4.78, 5) is 6.94.